The molecule has 4 aliphatic carbocycles. The van der Waals surface area contributed by atoms with E-state index < -0.39 is 0 Å². The molecule has 0 aromatic carbocycles. The number of carbonyl (C=O) groups excluding carboxylic acids is 1. The molecule has 3 atom stereocenters. The summed E-state index contributed by atoms with van der Waals surface area (Å²) in [6.07, 6.45) is 12.2. The molecule has 0 N–H and O–H groups in total. The van der Waals surface area contributed by atoms with E-state index >= 15 is 0 Å². The Balaban J connectivity index is 1.32. The van der Waals surface area contributed by atoms with Crippen LogP contribution in [0.5, 0.6) is 5.75 Å². The van der Waals surface area contributed by atoms with Crippen LogP contribution in [0.1, 0.15) is 61.7 Å². The molecule has 1 saturated heterocycles. The van der Waals surface area contributed by atoms with Gasteiger partial charge in [0.05, 0.1) is 0 Å². The number of carbonyl (C=O) groups is 1. The quantitative estimate of drug-likeness (QED) is 0.268. The van der Waals surface area contributed by atoms with Crippen molar-refractivity contribution in [3.63, 3.8) is 0 Å². The van der Waals surface area contributed by atoms with E-state index in [2.05, 4.69) is 12.8 Å². The van der Waals surface area contributed by atoms with E-state index in [0.717, 1.165) is 73.5 Å². The van der Waals surface area contributed by atoms with Gasteiger partial charge in [-0.05, 0) is 19.3 Å². The molecule has 0 spiro atoms. The summed E-state index contributed by atoms with van der Waals surface area (Å²) >= 11 is 0. The fourth-order valence-corrected chi connectivity index (χ4v) is 8.11. The molecule has 6 nitrogen and oxygen atoms in total. The second-order valence-corrected chi connectivity index (χ2v) is 11.3. The summed E-state index contributed by atoms with van der Waals surface area (Å²) < 4.78 is 20.2. The minimum atomic E-state index is -0.0961. The predicted molar refractivity (Wildman–Crippen MR) is 126 cm³/mol. The molecule has 0 radical (unpaired) electrons. The average molecular weight is 474 g/mol. The van der Waals surface area contributed by atoms with Gasteiger partial charge in [0.15, 0.2) is 0 Å². The second-order valence-electron chi connectivity index (χ2n) is 10.1. The van der Waals surface area contributed by atoms with Crippen LogP contribution < -0.4 is 4.74 Å². The Morgan fingerprint density at radius 3 is 2.78 bits per heavy atom. The van der Waals surface area contributed by atoms with Crippen LogP contribution in [0.25, 0.3) is 11.0 Å². The van der Waals surface area contributed by atoms with Crippen molar-refractivity contribution in [1.82, 2.24) is 8.96 Å². The number of hydrogen-bond donors (Lipinski definition) is 0. The van der Waals surface area contributed by atoms with Crippen molar-refractivity contribution in [3.05, 3.63) is 24.0 Å². The van der Waals surface area contributed by atoms with Crippen molar-refractivity contribution in [3.8, 4) is 5.75 Å². The Morgan fingerprint density at radius 1 is 1.28 bits per heavy atom. The Bertz CT molecular complexity index is 1090. The summed E-state index contributed by atoms with van der Waals surface area (Å²) in [7, 11) is 6.77. The fraction of sp³-hybridized carbons (Fsp3) is 0.667. The number of aromatic nitrogens is 2. The van der Waals surface area contributed by atoms with Crippen LogP contribution >= 0.6 is 7.81 Å². The van der Waals surface area contributed by atoms with E-state index in [1.165, 1.54) is 6.42 Å². The van der Waals surface area contributed by atoms with E-state index in [0.29, 0.717) is 29.1 Å². The van der Waals surface area contributed by atoms with Crippen molar-refractivity contribution in [2.75, 3.05) is 13.7 Å². The molecule has 0 amide bonds. The predicted octanol–water partition coefficient (Wildman–Crippen LogP) is 4.87. The number of ketones is 1. The number of pyridine rings is 1. The third-order valence-electron chi connectivity index (χ3n) is 8.26. The normalized spacial score (nSPS) is 35.9. The van der Waals surface area contributed by atoms with Gasteiger partial charge in [-0.3, -0.25) is 0 Å². The number of methoxy groups -OCH3 is 1. The number of fused-ring (bicyclic) bond motifs is 1. The van der Waals surface area contributed by atoms with Gasteiger partial charge in [0.25, 0.3) is 0 Å². The molecule has 5 fully saturated rings. The first-order chi connectivity index (χ1) is 15.6. The fourth-order valence-electron chi connectivity index (χ4n) is 7.31. The summed E-state index contributed by atoms with van der Waals surface area (Å²) in [5.41, 5.74) is 1.38. The Kier molecular flexibility index (Phi) is 5.53. The number of rotatable bonds is 5. The number of ether oxygens (including phenoxy) is 3. The van der Waals surface area contributed by atoms with Crippen molar-refractivity contribution >= 4 is 35.6 Å². The van der Waals surface area contributed by atoms with Crippen LogP contribution in [0, 0.1) is 23.7 Å². The third kappa shape index (κ3) is 3.43. The van der Waals surface area contributed by atoms with E-state index in [9.17, 15) is 4.79 Å². The molecule has 3 heterocycles. The Morgan fingerprint density at radius 2 is 2.09 bits per heavy atom. The summed E-state index contributed by atoms with van der Waals surface area (Å²) in [6, 6.07) is 1.97. The standard InChI is InChI=1S/C24H30N2O4PS/c1-28-18-13-25-23-17(5-6-26(23)32-31)21(18)22(27)20-15-8-14-9-16(20)12-24(10-14,11-15)30-19-4-2-3-7-29-19/h5-6,13-16,19-20,32H,2-4,7-12H2,1H3/q-1. The zero-order valence-electron chi connectivity index (χ0n) is 18.4. The van der Waals surface area contributed by atoms with Crippen LogP contribution in [0.3, 0.4) is 0 Å². The monoisotopic (exact) mass is 473 g/mol. The van der Waals surface area contributed by atoms with E-state index in [1.54, 1.807) is 13.3 Å². The minimum absolute atomic E-state index is 0.0342. The molecular formula is C24H30N2O4PS-. The van der Waals surface area contributed by atoms with E-state index in [1.807, 2.05) is 16.2 Å². The summed E-state index contributed by atoms with van der Waals surface area (Å²) in [4.78, 5) is 18.7. The van der Waals surface area contributed by atoms with Crippen LogP contribution in [0.15, 0.2) is 18.5 Å². The molecule has 8 heteroatoms. The molecular weight excluding hydrogens is 443 g/mol. The van der Waals surface area contributed by atoms with Gasteiger partial charge in [0.1, 0.15) is 0 Å². The zero-order chi connectivity index (χ0) is 21.9. The zero-order valence-corrected chi connectivity index (χ0v) is 20.2. The van der Waals surface area contributed by atoms with Gasteiger partial charge in [-0.1, -0.05) is 0 Å². The first-order valence-corrected chi connectivity index (χ1v) is 13.8. The number of Topliss-reactive ketones (excluding diaryl/α,β-unsaturated/α-hetero) is 1. The van der Waals surface area contributed by atoms with Gasteiger partial charge in [0.2, 0.25) is 0 Å². The van der Waals surface area contributed by atoms with Gasteiger partial charge in [-0.15, -0.1) is 0 Å². The van der Waals surface area contributed by atoms with E-state index in [-0.39, 0.29) is 23.6 Å². The summed E-state index contributed by atoms with van der Waals surface area (Å²) in [5.74, 6) is 2.24. The van der Waals surface area contributed by atoms with Crippen LogP contribution in [-0.2, 0) is 20.4 Å². The van der Waals surface area contributed by atoms with E-state index in [4.69, 9.17) is 14.2 Å². The topological polar surface area (TPSA) is 62.6 Å². The van der Waals surface area contributed by atoms with Gasteiger partial charge in [-0.2, -0.15) is 0 Å². The van der Waals surface area contributed by atoms with Crippen molar-refractivity contribution in [2.24, 2.45) is 23.7 Å². The molecule has 4 saturated carbocycles. The van der Waals surface area contributed by atoms with Crippen molar-refractivity contribution in [1.29, 1.82) is 0 Å². The van der Waals surface area contributed by atoms with Gasteiger partial charge >= 0.3 is 163 Å². The molecule has 32 heavy (non-hydrogen) atoms. The first-order valence-electron chi connectivity index (χ1n) is 11.8. The Labute approximate surface area is 194 Å². The molecule has 2 aromatic rings. The molecule has 4 bridgehead atoms. The van der Waals surface area contributed by atoms with Crippen molar-refractivity contribution < 1.29 is 19.0 Å². The van der Waals surface area contributed by atoms with Crippen LogP contribution in [-0.4, -0.2) is 40.3 Å². The molecule has 2 aromatic heterocycles. The van der Waals surface area contributed by atoms with Gasteiger partial charge in [0, 0.05) is 6.61 Å². The third-order valence-corrected chi connectivity index (χ3v) is 9.36. The Hall–Kier alpha value is -1.14. The molecule has 5 aliphatic rings. The van der Waals surface area contributed by atoms with Gasteiger partial charge < -0.3 is 4.74 Å². The van der Waals surface area contributed by atoms with Crippen LogP contribution in [0.2, 0.25) is 0 Å². The molecule has 7 rings (SSSR count). The summed E-state index contributed by atoms with van der Waals surface area (Å²) in [6.45, 7) is 0.807. The molecule has 1 aliphatic heterocycles. The summed E-state index contributed by atoms with van der Waals surface area (Å²) in [5, 5.41) is 0.867. The SMILES string of the molecule is COc1cnc2c(ccn2[SH-]#P)c1C(=O)C1C2CC3CC1CC(OC1CCCCO1)(C3)C2. The average Bonchev–Trinajstić information content (AvgIpc) is 3.21. The number of hydrogen-bond acceptors (Lipinski definition) is 6. The van der Waals surface area contributed by atoms with Gasteiger partial charge in [-0.25, -0.2) is 0 Å². The number of thiol groups is 1. The van der Waals surface area contributed by atoms with Crippen LogP contribution in [0.4, 0.5) is 0 Å². The molecule has 3 unspecified atom stereocenters. The maximum atomic E-state index is 14.1. The maximum absolute atomic E-state index is 14.1. The van der Waals surface area contributed by atoms with Crippen molar-refractivity contribution in [2.45, 2.75) is 63.3 Å². The molecule has 172 valence electrons. The first kappa shape index (κ1) is 21.4. The number of nitrogens with zero attached hydrogens (tertiary/aromatic N) is 2. The second kappa shape index (κ2) is 8.26.